The average Bonchev–Trinajstić information content (AvgIpc) is 2.68. The van der Waals surface area contributed by atoms with Crippen LogP contribution in [0.5, 0.6) is 0 Å². The molecule has 0 spiro atoms. The molecule has 0 aliphatic heterocycles. The molecule has 2 aromatic rings. The van der Waals surface area contributed by atoms with Gasteiger partial charge in [0, 0.05) is 11.3 Å². The van der Waals surface area contributed by atoms with E-state index < -0.39 is 0 Å². The van der Waals surface area contributed by atoms with Crippen LogP contribution in [0.15, 0.2) is 16.7 Å². The summed E-state index contributed by atoms with van der Waals surface area (Å²) in [7, 11) is 0. The van der Waals surface area contributed by atoms with E-state index in [1.54, 1.807) is 12.1 Å². The van der Waals surface area contributed by atoms with Gasteiger partial charge in [0.2, 0.25) is 0 Å². The number of hydrogen-bond donors (Lipinski definition) is 1. The molecule has 2 aromatic heterocycles. The monoisotopic (exact) mass is 256 g/mol. The molecule has 0 aromatic carbocycles. The minimum Gasteiger partial charge on any atom is -0.363 e. The van der Waals surface area contributed by atoms with Gasteiger partial charge in [0.15, 0.2) is 0 Å². The van der Waals surface area contributed by atoms with Crippen molar-refractivity contribution in [2.24, 2.45) is 0 Å². The van der Waals surface area contributed by atoms with Crippen molar-refractivity contribution < 1.29 is 4.52 Å². The summed E-state index contributed by atoms with van der Waals surface area (Å²) in [5, 5.41) is 16.2. The Labute approximate surface area is 112 Å². The number of nitrogens with zero attached hydrogens (tertiary/aromatic N) is 3. The van der Waals surface area contributed by atoms with Gasteiger partial charge in [-0.15, -0.1) is 0 Å². The number of rotatable bonds is 3. The van der Waals surface area contributed by atoms with Gasteiger partial charge in [-0.3, -0.25) is 0 Å². The first kappa shape index (κ1) is 13.1. The summed E-state index contributed by atoms with van der Waals surface area (Å²) in [6.07, 6.45) is 0. The summed E-state index contributed by atoms with van der Waals surface area (Å²) in [6, 6.07) is 5.64. The Kier molecular flexibility index (Phi) is 3.52. The highest BCUT2D eigenvalue weighted by Gasteiger charge is 2.16. The SMILES string of the molecule is Cc1cc(C#N)cc(NC(C)c2c(C)noc2C)n1. The zero-order chi connectivity index (χ0) is 14.0. The van der Waals surface area contributed by atoms with Crippen LogP contribution in [0, 0.1) is 32.1 Å². The molecule has 5 nitrogen and oxygen atoms in total. The summed E-state index contributed by atoms with van der Waals surface area (Å²) in [4.78, 5) is 4.38. The second-order valence-corrected chi connectivity index (χ2v) is 4.60. The molecule has 1 unspecified atom stereocenters. The fraction of sp³-hybridized carbons (Fsp3) is 0.357. The standard InChI is InChI=1S/C14H16N4O/c1-8-5-12(7-15)6-13(16-8)17-9(2)14-10(3)18-19-11(14)4/h5-6,9H,1-4H3,(H,16,17). The zero-order valence-electron chi connectivity index (χ0n) is 11.5. The van der Waals surface area contributed by atoms with E-state index in [2.05, 4.69) is 21.5 Å². The number of aromatic nitrogens is 2. The first-order valence-corrected chi connectivity index (χ1v) is 6.09. The van der Waals surface area contributed by atoms with Crippen LogP contribution in [0.1, 0.15) is 41.2 Å². The maximum absolute atomic E-state index is 8.96. The molecule has 1 atom stereocenters. The molecule has 0 fully saturated rings. The van der Waals surface area contributed by atoms with Crippen LogP contribution in [-0.2, 0) is 0 Å². The van der Waals surface area contributed by atoms with Crippen molar-refractivity contribution in [3.05, 3.63) is 40.4 Å². The predicted molar refractivity (Wildman–Crippen MR) is 71.7 cm³/mol. The maximum Gasteiger partial charge on any atom is 0.139 e. The van der Waals surface area contributed by atoms with Gasteiger partial charge in [0.1, 0.15) is 11.6 Å². The van der Waals surface area contributed by atoms with Crippen molar-refractivity contribution in [3.63, 3.8) is 0 Å². The predicted octanol–water partition coefficient (Wildman–Crippen LogP) is 3.04. The Morgan fingerprint density at radius 2 is 2.05 bits per heavy atom. The number of nitrogens with one attached hydrogen (secondary N) is 1. The molecule has 5 heteroatoms. The number of hydrogen-bond acceptors (Lipinski definition) is 5. The summed E-state index contributed by atoms with van der Waals surface area (Å²) >= 11 is 0. The van der Waals surface area contributed by atoms with Gasteiger partial charge >= 0.3 is 0 Å². The molecule has 2 heterocycles. The lowest BCUT2D eigenvalue weighted by Crippen LogP contribution is -2.10. The second-order valence-electron chi connectivity index (χ2n) is 4.60. The first-order chi connectivity index (χ1) is 9.01. The molecule has 0 radical (unpaired) electrons. The summed E-state index contributed by atoms with van der Waals surface area (Å²) in [5.74, 6) is 1.48. The fourth-order valence-electron chi connectivity index (χ4n) is 2.21. The lowest BCUT2D eigenvalue weighted by Gasteiger charge is -2.14. The number of nitriles is 1. The highest BCUT2D eigenvalue weighted by atomic mass is 16.5. The topological polar surface area (TPSA) is 74.7 Å². The van der Waals surface area contributed by atoms with Crippen LogP contribution in [0.4, 0.5) is 5.82 Å². The van der Waals surface area contributed by atoms with Crippen LogP contribution < -0.4 is 5.32 Å². The third kappa shape index (κ3) is 2.74. The van der Waals surface area contributed by atoms with E-state index in [1.807, 2.05) is 27.7 Å². The van der Waals surface area contributed by atoms with Crippen LogP contribution in [0.2, 0.25) is 0 Å². The van der Waals surface area contributed by atoms with Gasteiger partial charge < -0.3 is 9.84 Å². The zero-order valence-corrected chi connectivity index (χ0v) is 11.5. The van der Waals surface area contributed by atoms with Gasteiger partial charge in [-0.05, 0) is 39.8 Å². The largest absolute Gasteiger partial charge is 0.363 e. The fourth-order valence-corrected chi connectivity index (χ4v) is 2.21. The lowest BCUT2D eigenvalue weighted by molar-refractivity contribution is 0.392. The number of aryl methyl sites for hydroxylation is 3. The van der Waals surface area contributed by atoms with Crippen molar-refractivity contribution >= 4 is 5.82 Å². The molecule has 0 aliphatic rings. The van der Waals surface area contributed by atoms with Crippen molar-refractivity contribution in [3.8, 4) is 6.07 Å². The Balaban J connectivity index is 2.27. The van der Waals surface area contributed by atoms with E-state index >= 15 is 0 Å². The van der Waals surface area contributed by atoms with Crippen LogP contribution >= 0.6 is 0 Å². The van der Waals surface area contributed by atoms with Gasteiger partial charge in [0.25, 0.3) is 0 Å². The smallest absolute Gasteiger partial charge is 0.139 e. The highest BCUT2D eigenvalue weighted by Crippen LogP contribution is 2.24. The van der Waals surface area contributed by atoms with Gasteiger partial charge in [-0.25, -0.2) is 4.98 Å². The molecule has 0 bridgehead atoms. The van der Waals surface area contributed by atoms with Gasteiger partial charge in [0.05, 0.1) is 23.4 Å². The number of pyridine rings is 1. The third-order valence-electron chi connectivity index (χ3n) is 2.97. The van der Waals surface area contributed by atoms with E-state index in [1.165, 1.54) is 0 Å². The Morgan fingerprint density at radius 3 is 2.63 bits per heavy atom. The minimum atomic E-state index is 0.0205. The molecule has 0 aliphatic carbocycles. The summed E-state index contributed by atoms with van der Waals surface area (Å²) in [6.45, 7) is 7.68. The first-order valence-electron chi connectivity index (χ1n) is 6.09. The molecular formula is C14H16N4O. The third-order valence-corrected chi connectivity index (χ3v) is 2.97. The van der Waals surface area contributed by atoms with E-state index in [0.29, 0.717) is 11.4 Å². The van der Waals surface area contributed by atoms with Crippen molar-refractivity contribution in [2.75, 3.05) is 5.32 Å². The summed E-state index contributed by atoms with van der Waals surface area (Å²) < 4.78 is 5.16. The Morgan fingerprint density at radius 1 is 1.32 bits per heavy atom. The normalized spacial score (nSPS) is 11.9. The van der Waals surface area contributed by atoms with Crippen molar-refractivity contribution in [2.45, 2.75) is 33.7 Å². The highest BCUT2D eigenvalue weighted by molar-refractivity contribution is 5.46. The van der Waals surface area contributed by atoms with Crippen molar-refractivity contribution in [1.82, 2.24) is 10.1 Å². The van der Waals surface area contributed by atoms with Crippen LogP contribution in [0.3, 0.4) is 0 Å². The number of anilines is 1. The Hall–Kier alpha value is -2.35. The molecule has 2 rings (SSSR count). The van der Waals surface area contributed by atoms with Crippen molar-refractivity contribution in [1.29, 1.82) is 5.26 Å². The minimum absolute atomic E-state index is 0.0205. The molecule has 0 saturated carbocycles. The molecule has 19 heavy (non-hydrogen) atoms. The molecule has 1 N–H and O–H groups in total. The molecular weight excluding hydrogens is 240 g/mol. The maximum atomic E-state index is 8.96. The van der Waals surface area contributed by atoms with E-state index in [9.17, 15) is 0 Å². The second kappa shape index (κ2) is 5.11. The molecule has 0 amide bonds. The quantitative estimate of drug-likeness (QED) is 0.913. The van der Waals surface area contributed by atoms with Gasteiger partial charge in [-0.1, -0.05) is 5.16 Å². The molecule has 0 saturated heterocycles. The average molecular weight is 256 g/mol. The molecule has 98 valence electrons. The Bertz CT molecular complexity index is 620. The van der Waals surface area contributed by atoms with E-state index in [0.717, 1.165) is 22.7 Å². The van der Waals surface area contributed by atoms with Crippen LogP contribution in [0.25, 0.3) is 0 Å². The lowest BCUT2D eigenvalue weighted by atomic mass is 10.1. The van der Waals surface area contributed by atoms with E-state index in [-0.39, 0.29) is 6.04 Å². The summed E-state index contributed by atoms with van der Waals surface area (Å²) in [5.41, 5.74) is 3.31. The van der Waals surface area contributed by atoms with Gasteiger partial charge in [-0.2, -0.15) is 5.26 Å². The van der Waals surface area contributed by atoms with Crippen LogP contribution in [-0.4, -0.2) is 10.1 Å². The van der Waals surface area contributed by atoms with E-state index in [4.69, 9.17) is 9.78 Å².